The van der Waals surface area contributed by atoms with Crippen molar-refractivity contribution >= 4 is 0 Å². The van der Waals surface area contributed by atoms with Gasteiger partial charge in [-0.05, 0) is 31.2 Å². The molecule has 1 aliphatic carbocycles. The number of halogens is 1. The zero-order valence-electron chi connectivity index (χ0n) is 9.86. The summed E-state index contributed by atoms with van der Waals surface area (Å²) >= 11 is 0. The van der Waals surface area contributed by atoms with Crippen molar-refractivity contribution in [3.63, 3.8) is 0 Å². The highest BCUT2D eigenvalue weighted by molar-refractivity contribution is 5.17. The first kappa shape index (κ1) is 11.2. The van der Waals surface area contributed by atoms with Crippen LogP contribution in [0.3, 0.4) is 0 Å². The molecule has 1 saturated carbocycles. The van der Waals surface area contributed by atoms with Crippen molar-refractivity contribution in [2.24, 2.45) is 5.92 Å². The summed E-state index contributed by atoms with van der Waals surface area (Å²) in [6, 6.07) is 7.36. The molecule has 1 N–H and O–H groups in total. The maximum absolute atomic E-state index is 13.5. The van der Waals surface area contributed by atoms with Gasteiger partial charge in [-0.1, -0.05) is 18.2 Å². The van der Waals surface area contributed by atoms with Gasteiger partial charge in [0.05, 0.1) is 6.10 Å². The first-order valence-electron chi connectivity index (χ1n) is 6.43. The molecular weight excluding hydrogens is 217 g/mol. The summed E-state index contributed by atoms with van der Waals surface area (Å²) in [6.07, 6.45) is 4.00. The molecule has 0 aromatic heterocycles. The van der Waals surface area contributed by atoms with E-state index in [-0.39, 0.29) is 5.82 Å². The van der Waals surface area contributed by atoms with Crippen molar-refractivity contribution in [1.82, 2.24) is 5.32 Å². The molecule has 1 aromatic carbocycles. The highest BCUT2D eigenvalue weighted by Gasteiger charge is 2.40. The number of rotatable bonds is 4. The molecule has 17 heavy (non-hydrogen) atoms. The van der Waals surface area contributed by atoms with E-state index in [1.165, 1.54) is 18.9 Å². The molecule has 2 nitrogen and oxygen atoms in total. The highest BCUT2D eigenvalue weighted by Crippen LogP contribution is 2.38. The number of nitrogens with one attached hydrogen (secondary N) is 1. The van der Waals surface area contributed by atoms with Crippen LogP contribution >= 0.6 is 0 Å². The monoisotopic (exact) mass is 235 g/mol. The average Bonchev–Trinajstić information content (AvgIpc) is 3.08. The van der Waals surface area contributed by atoms with Gasteiger partial charge in [0.1, 0.15) is 5.82 Å². The van der Waals surface area contributed by atoms with E-state index in [1.54, 1.807) is 6.07 Å². The largest absolute Gasteiger partial charge is 0.376 e. The predicted molar refractivity (Wildman–Crippen MR) is 64.1 cm³/mol. The fourth-order valence-corrected chi connectivity index (χ4v) is 2.60. The minimum Gasteiger partial charge on any atom is -0.376 e. The fraction of sp³-hybridized carbons (Fsp3) is 0.571. The first-order valence-corrected chi connectivity index (χ1v) is 6.43. The summed E-state index contributed by atoms with van der Waals surface area (Å²) in [5.74, 6) is 0.623. The smallest absolute Gasteiger partial charge is 0.127 e. The van der Waals surface area contributed by atoms with Crippen molar-refractivity contribution in [3.05, 3.63) is 35.6 Å². The van der Waals surface area contributed by atoms with Crippen LogP contribution in [0.5, 0.6) is 0 Å². The van der Waals surface area contributed by atoms with E-state index in [0.717, 1.165) is 24.5 Å². The van der Waals surface area contributed by atoms with Gasteiger partial charge < -0.3 is 10.1 Å². The lowest BCUT2D eigenvalue weighted by Gasteiger charge is -2.19. The quantitative estimate of drug-likeness (QED) is 0.865. The van der Waals surface area contributed by atoms with Crippen LogP contribution in [0.4, 0.5) is 4.39 Å². The second-order valence-electron chi connectivity index (χ2n) is 5.04. The van der Waals surface area contributed by atoms with Crippen molar-refractivity contribution in [1.29, 1.82) is 0 Å². The second-order valence-corrected chi connectivity index (χ2v) is 5.04. The van der Waals surface area contributed by atoms with Crippen LogP contribution in [0.15, 0.2) is 24.3 Å². The minimum absolute atomic E-state index is 0.123. The zero-order valence-corrected chi connectivity index (χ0v) is 9.86. The van der Waals surface area contributed by atoms with Gasteiger partial charge in [-0.15, -0.1) is 0 Å². The maximum Gasteiger partial charge on any atom is 0.127 e. The van der Waals surface area contributed by atoms with E-state index in [2.05, 4.69) is 5.32 Å². The Kier molecular flexibility index (Phi) is 3.12. The molecule has 2 atom stereocenters. The fourth-order valence-electron chi connectivity index (χ4n) is 2.60. The molecule has 0 radical (unpaired) electrons. The molecule has 2 aliphatic rings. The van der Waals surface area contributed by atoms with E-state index in [9.17, 15) is 4.39 Å². The number of hydrogen-bond acceptors (Lipinski definition) is 2. The topological polar surface area (TPSA) is 21.3 Å². The minimum atomic E-state index is -0.123. The van der Waals surface area contributed by atoms with Gasteiger partial charge in [0.2, 0.25) is 0 Å². The molecule has 92 valence electrons. The average molecular weight is 235 g/mol. The van der Waals surface area contributed by atoms with Gasteiger partial charge >= 0.3 is 0 Å². The van der Waals surface area contributed by atoms with Crippen molar-refractivity contribution in [3.8, 4) is 0 Å². The summed E-state index contributed by atoms with van der Waals surface area (Å²) in [6.45, 7) is 1.44. The van der Waals surface area contributed by atoms with Crippen LogP contribution in [0.25, 0.3) is 0 Å². The molecule has 2 fully saturated rings. The van der Waals surface area contributed by atoms with Crippen molar-refractivity contribution in [2.75, 3.05) is 6.61 Å². The number of benzene rings is 1. The standard InChI is InChI=1S/C14H18FNO/c15-12-4-2-1-3-11(12)9-16-13-7-8-17-14(13)10-5-6-10/h1-4,10,13-14,16H,5-9H2. The van der Waals surface area contributed by atoms with Crippen LogP contribution in [-0.4, -0.2) is 18.8 Å². The lowest BCUT2D eigenvalue weighted by molar-refractivity contribution is 0.0808. The Hall–Kier alpha value is -0.930. The van der Waals surface area contributed by atoms with Crippen LogP contribution in [0.2, 0.25) is 0 Å². The van der Waals surface area contributed by atoms with Gasteiger partial charge in [-0.3, -0.25) is 0 Å². The van der Waals surface area contributed by atoms with Gasteiger partial charge in [0.15, 0.2) is 0 Å². The van der Waals surface area contributed by atoms with Crippen LogP contribution in [-0.2, 0) is 11.3 Å². The lowest BCUT2D eigenvalue weighted by Crippen LogP contribution is -2.37. The molecule has 1 heterocycles. The van der Waals surface area contributed by atoms with E-state index < -0.39 is 0 Å². The summed E-state index contributed by atoms with van der Waals surface area (Å²) in [4.78, 5) is 0. The molecular formula is C14H18FNO. The number of ether oxygens (including phenoxy) is 1. The van der Waals surface area contributed by atoms with Crippen LogP contribution < -0.4 is 5.32 Å². The van der Waals surface area contributed by atoms with Gasteiger partial charge in [0, 0.05) is 24.8 Å². The van der Waals surface area contributed by atoms with Crippen molar-refractivity contribution < 1.29 is 9.13 Å². The Labute approximate surface area is 101 Å². The summed E-state index contributed by atoms with van der Waals surface area (Å²) in [5, 5.41) is 3.45. The van der Waals surface area contributed by atoms with Crippen LogP contribution in [0.1, 0.15) is 24.8 Å². The maximum atomic E-state index is 13.5. The molecule has 0 amide bonds. The van der Waals surface area contributed by atoms with Gasteiger partial charge in [0.25, 0.3) is 0 Å². The number of hydrogen-bond donors (Lipinski definition) is 1. The molecule has 2 unspecified atom stereocenters. The van der Waals surface area contributed by atoms with E-state index in [1.807, 2.05) is 12.1 Å². The zero-order chi connectivity index (χ0) is 11.7. The SMILES string of the molecule is Fc1ccccc1CNC1CCOC1C1CC1. The molecule has 1 saturated heterocycles. The van der Waals surface area contributed by atoms with E-state index >= 15 is 0 Å². The third kappa shape index (κ3) is 2.50. The van der Waals surface area contributed by atoms with Gasteiger partial charge in [-0.2, -0.15) is 0 Å². The summed E-state index contributed by atoms with van der Waals surface area (Å²) in [5.41, 5.74) is 0.744. The summed E-state index contributed by atoms with van der Waals surface area (Å²) < 4.78 is 19.2. The first-order chi connectivity index (χ1) is 8.34. The van der Waals surface area contributed by atoms with Crippen LogP contribution in [0, 0.1) is 11.7 Å². The van der Waals surface area contributed by atoms with Crippen molar-refractivity contribution in [2.45, 2.75) is 38.0 Å². The Bertz CT molecular complexity index is 392. The second kappa shape index (κ2) is 4.75. The molecule has 1 aliphatic heterocycles. The van der Waals surface area contributed by atoms with Gasteiger partial charge in [-0.25, -0.2) is 4.39 Å². The predicted octanol–water partition coefficient (Wildman–Crippen LogP) is 2.48. The molecule has 3 rings (SSSR count). The molecule has 0 bridgehead atoms. The Morgan fingerprint density at radius 2 is 2.06 bits per heavy atom. The third-order valence-electron chi connectivity index (χ3n) is 3.73. The molecule has 1 aromatic rings. The van der Waals surface area contributed by atoms with E-state index in [4.69, 9.17) is 4.74 Å². The Morgan fingerprint density at radius 1 is 1.24 bits per heavy atom. The Balaban J connectivity index is 1.58. The summed E-state index contributed by atoms with van der Waals surface area (Å²) in [7, 11) is 0. The normalized spacial score (nSPS) is 28.5. The molecule has 3 heteroatoms. The lowest BCUT2D eigenvalue weighted by atomic mass is 10.1. The highest BCUT2D eigenvalue weighted by atomic mass is 19.1. The molecule has 0 spiro atoms. The Morgan fingerprint density at radius 3 is 2.82 bits per heavy atom. The van der Waals surface area contributed by atoms with E-state index in [0.29, 0.717) is 18.7 Å². The third-order valence-corrected chi connectivity index (χ3v) is 3.73.